The summed E-state index contributed by atoms with van der Waals surface area (Å²) in [5.41, 5.74) is 3.59. The van der Waals surface area contributed by atoms with Crippen LogP contribution in [0.4, 0.5) is 0 Å². The monoisotopic (exact) mass is 409 g/mol. The first-order valence-corrected chi connectivity index (χ1v) is 9.64. The third kappa shape index (κ3) is 4.70. The van der Waals surface area contributed by atoms with Crippen molar-refractivity contribution in [2.45, 2.75) is 19.8 Å². The van der Waals surface area contributed by atoms with Gasteiger partial charge in [0, 0.05) is 12.1 Å². The topological polar surface area (TPSA) is 56.8 Å². The van der Waals surface area contributed by atoms with Crippen molar-refractivity contribution in [2.75, 3.05) is 6.79 Å². The first-order chi connectivity index (χ1) is 14.2. The summed E-state index contributed by atoms with van der Waals surface area (Å²) >= 11 is 6.17. The van der Waals surface area contributed by atoms with Crippen LogP contribution in [0.2, 0.25) is 5.02 Å². The number of amides is 1. The highest BCUT2D eigenvalue weighted by Crippen LogP contribution is 2.39. The number of rotatable bonds is 7. The second-order valence-corrected chi connectivity index (χ2v) is 7.03. The quantitative estimate of drug-likeness (QED) is 0.613. The van der Waals surface area contributed by atoms with Gasteiger partial charge in [-0.2, -0.15) is 0 Å². The number of carbonyl (C=O) groups is 1. The standard InChI is InChI=1S/C23H20ClNO4/c24-20-10-19(11-21-22(20)29-15-28-21)23(26)25-12-17-8-4-5-9-18(17)14-27-13-16-6-2-1-3-7-16/h1-11H,12-15H2,(H,25,26). The van der Waals surface area contributed by atoms with E-state index >= 15 is 0 Å². The number of carbonyl (C=O) groups excluding carboxylic acids is 1. The molecular formula is C23H20ClNO4. The van der Waals surface area contributed by atoms with Gasteiger partial charge in [-0.3, -0.25) is 4.79 Å². The van der Waals surface area contributed by atoms with E-state index in [9.17, 15) is 4.79 Å². The predicted molar refractivity (Wildman–Crippen MR) is 110 cm³/mol. The fourth-order valence-corrected chi connectivity index (χ4v) is 3.37. The molecule has 0 bridgehead atoms. The molecule has 0 atom stereocenters. The smallest absolute Gasteiger partial charge is 0.251 e. The number of fused-ring (bicyclic) bond motifs is 1. The van der Waals surface area contributed by atoms with Crippen molar-refractivity contribution in [2.24, 2.45) is 0 Å². The maximum atomic E-state index is 12.6. The molecule has 0 saturated heterocycles. The third-order valence-electron chi connectivity index (χ3n) is 4.62. The van der Waals surface area contributed by atoms with Crippen molar-refractivity contribution >= 4 is 17.5 Å². The summed E-state index contributed by atoms with van der Waals surface area (Å²) in [6.45, 7) is 1.50. The van der Waals surface area contributed by atoms with Gasteiger partial charge in [0.1, 0.15) is 0 Å². The maximum absolute atomic E-state index is 12.6. The fraction of sp³-hybridized carbons (Fsp3) is 0.174. The zero-order valence-electron chi connectivity index (χ0n) is 15.7. The zero-order valence-corrected chi connectivity index (χ0v) is 16.4. The van der Waals surface area contributed by atoms with E-state index in [1.807, 2.05) is 54.6 Å². The summed E-state index contributed by atoms with van der Waals surface area (Å²) in [7, 11) is 0. The van der Waals surface area contributed by atoms with E-state index in [1.165, 1.54) is 0 Å². The van der Waals surface area contributed by atoms with E-state index in [0.717, 1.165) is 16.7 Å². The first kappa shape index (κ1) is 19.3. The summed E-state index contributed by atoms with van der Waals surface area (Å²) in [6.07, 6.45) is 0. The van der Waals surface area contributed by atoms with Gasteiger partial charge in [0.05, 0.1) is 18.2 Å². The van der Waals surface area contributed by atoms with Crippen LogP contribution in [0.5, 0.6) is 11.5 Å². The number of halogens is 1. The van der Waals surface area contributed by atoms with Crippen molar-refractivity contribution in [1.82, 2.24) is 5.32 Å². The lowest BCUT2D eigenvalue weighted by Gasteiger charge is -2.12. The molecule has 0 radical (unpaired) electrons. The van der Waals surface area contributed by atoms with Crippen molar-refractivity contribution in [3.8, 4) is 11.5 Å². The second-order valence-electron chi connectivity index (χ2n) is 6.62. The molecule has 3 aromatic carbocycles. The SMILES string of the molecule is O=C(NCc1ccccc1COCc1ccccc1)c1cc(Cl)c2c(c1)OCO2. The Bertz CT molecular complexity index is 1010. The molecule has 4 rings (SSSR count). The summed E-state index contributed by atoms with van der Waals surface area (Å²) in [5.74, 6) is 0.728. The maximum Gasteiger partial charge on any atom is 0.251 e. The van der Waals surface area contributed by atoms with E-state index in [0.29, 0.717) is 41.8 Å². The molecule has 0 unspecified atom stereocenters. The van der Waals surface area contributed by atoms with Crippen LogP contribution in [-0.4, -0.2) is 12.7 Å². The zero-order chi connectivity index (χ0) is 20.1. The Morgan fingerprint density at radius 1 is 0.966 bits per heavy atom. The molecular weight excluding hydrogens is 390 g/mol. The van der Waals surface area contributed by atoms with E-state index < -0.39 is 0 Å². The number of ether oxygens (including phenoxy) is 3. The molecule has 1 N–H and O–H groups in total. The highest BCUT2D eigenvalue weighted by Gasteiger charge is 2.20. The number of hydrogen-bond donors (Lipinski definition) is 1. The van der Waals surface area contributed by atoms with Gasteiger partial charge in [0.25, 0.3) is 5.91 Å². The minimum absolute atomic E-state index is 0.108. The van der Waals surface area contributed by atoms with Crippen LogP contribution in [0, 0.1) is 0 Å². The van der Waals surface area contributed by atoms with Crippen LogP contribution >= 0.6 is 11.6 Å². The summed E-state index contributed by atoms with van der Waals surface area (Å²) in [5, 5.41) is 3.29. The third-order valence-corrected chi connectivity index (χ3v) is 4.90. The van der Waals surface area contributed by atoms with Crippen LogP contribution in [0.25, 0.3) is 0 Å². The second kappa shape index (κ2) is 8.99. The van der Waals surface area contributed by atoms with Gasteiger partial charge in [-0.05, 0) is 28.8 Å². The van der Waals surface area contributed by atoms with Crippen molar-refractivity contribution in [3.63, 3.8) is 0 Å². The molecule has 1 aliphatic rings. The number of benzene rings is 3. The van der Waals surface area contributed by atoms with Crippen LogP contribution in [0.15, 0.2) is 66.7 Å². The molecule has 0 spiro atoms. The van der Waals surface area contributed by atoms with Crippen LogP contribution < -0.4 is 14.8 Å². The Hall–Kier alpha value is -3.02. The molecule has 1 heterocycles. The molecule has 29 heavy (non-hydrogen) atoms. The minimum Gasteiger partial charge on any atom is -0.454 e. The van der Waals surface area contributed by atoms with Gasteiger partial charge in [-0.1, -0.05) is 66.2 Å². The first-order valence-electron chi connectivity index (χ1n) is 9.26. The van der Waals surface area contributed by atoms with Gasteiger partial charge in [-0.25, -0.2) is 0 Å². The molecule has 0 fully saturated rings. The molecule has 6 heteroatoms. The predicted octanol–water partition coefficient (Wildman–Crippen LogP) is 4.72. The van der Waals surface area contributed by atoms with Gasteiger partial charge in [0.15, 0.2) is 11.5 Å². The van der Waals surface area contributed by atoms with E-state index in [2.05, 4.69) is 5.32 Å². The normalized spacial score (nSPS) is 12.0. The van der Waals surface area contributed by atoms with E-state index in [4.69, 9.17) is 25.8 Å². The molecule has 3 aromatic rings. The molecule has 1 aliphatic heterocycles. The Morgan fingerprint density at radius 2 is 1.72 bits per heavy atom. The lowest BCUT2D eigenvalue weighted by atomic mass is 10.1. The molecule has 148 valence electrons. The molecule has 1 amide bonds. The number of hydrogen-bond acceptors (Lipinski definition) is 4. The van der Waals surface area contributed by atoms with Gasteiger partial charge in [-0.15, -0.1) is 0 Å². The van der Waals surface area contributed by atoms with Crippen molar-refractivity contribution in [3.05, 3.63) is 94.0 Å². The molecule has 0 aliphatic carbocycles. The Morgan fingerprint density at radius 3 is 2.55 bits per heavy atom. The lowest BCUT2D eigenvalue weighted by Crippen LogP contribution is -2.23. The highest BCUT2D eigenvalue weighted by atomic mass is 35.5. The molecule has 0 saturated carbocycles. The van der Waals surface area contributed by atoms with Gasteiger partial charge in [0.2, 0.25) is 6.79 Å². The van der Waals surface area contributed by atoms with Crippen LogP contribution in [-0.2, 0) is 24.5 Å². The Kier molecular flexibility index (Phi) is 5.98. The molecule has 0 aromatic heterocycles. The van der Waals surface area contributed by atoms with Gasteiger partial charge >= 0.3 is 0 Å². The van der Waals surface area contributed by atoms with Gasteiger partial charge < -0.3 is 19.5 Å². The lowest BCUT2D eigenvalue weighted by molar-refractivity contribution is 0.0947. The van der Waals surface area contributed by atoms with Crippen molar-refractivity contribution < 1.29 is 19.0 Å². The number of nitrogens with one attached hydrogen (secondary N) is 1. The average molecular weight is 410 g/mol. The summed E-state index contributed by atoms with van der Waals surface area (Å²) in [4.78, 5) is 12.6. The van der Waals surface area contributed by atoms with Crippen LogP contribution in [0.1, 0.15) is 27.0 Å². The summed E-state index contributed by atoms with van der Waals surface area (Å²) in [6, 6.07) is 21.1. The van der Waals surface area contributed by atoms with E-state index in [-0.39, 0.29) is 12.7 Å². The Labute approximate surface area is 174 Å². The highest BCUT2D eigenvalue weighted by molar-refractivity contribution is 6.32. The average Bonchev–Trinajstić information content (AvgIpc) is 3.23. The van der Waals surface area contributed by atoms with Crippen LogP contribution in [0.3, 0.4) is 0 Å². The fourth-order valence-electron chi connectivity index (χ4n) is 3.10. The summed E-state index contributed by atoms with van der Waals surface area (Å²) < 4.78 is 16.5. The minimum atomic E-state index is -0.231. The molecule has 5 nitrogen and oxygen atoms in total. The van der Waals surface area contributed by atoms with Crippen molar-refractivity contribution in [1.29, 1.82) is 0 Å². The largest absolute Gasteiger partial charge is 0.454 e. The van der Waals surface area contributed by atoms with E-state index in [1.54, 1.807) is 12.1 Å². The Balaban J connectivity index is 1.37.